The van der Waals surface area contributed by atoms with Gasteiger partial charge in [-0.15, -0.1) is 0 Å². The molecule has 1 fully saturated rings. The maximum atomic E-state index is 12.9. The van der Waals surface area contributed by atoms with Crippen LogP contribution in [-0.2, 0) is 10.3 Å². The number of urea groups is 1. The third-order valence-corrected chi connectivity index (χ3v) is 5.05. The molecule has 1 aliphatic heterocycles. The van der Waals surface area contributed by atoms with E-state index in [1.54, 1.807) is 37.3 Å². The molecule has 0 spiro atoms. The molecule has 1 N–H and O–H groups in total. The number of nitrogens with one attached hydrogen (secondary N) is 1. The second kappa shape index (κ2) is 6.44. The number of ketones is 1. The van der Waals surface area contributed by atoms with E-state index in [0.29, 0.717) is 11.1 Å². The number of amides is 3. The van der Waals surface area contributed by atoms with Crippen molar-refractivity contribution in [3.05, 3.63) is 69.7 Å². The molecule has 0 bridgehead atoms. The maximum Gasteiger partial charge on any atom is 0.325 e. The number of hydrogen-bond donors (Lipinski definition) is 1. The van der Waals surface area contributed by atoms with Gasteiger partial charge in [0.15, 0.2) is 5.78 Å². The van der Waals surface area contributed by atoms with Crippen molar-refractivity contribution in [2.45, 2.75) is 19.4 Å². The van der Waals surface area contributed by atoms with Crippen LogP contribution in [0.25, 0.3) is 0 Å². The first-order valence-electron chi connectivity index (χ1n) is 7.82. The minimum Gasteiger partial charge on any atom is -0.319 e. The molecular weight excluding hydrogens is 384 g/mol. The quantitative estimate of drug-likeness (QED) is 0.631. The standard InChI is InChI=1S/C19H17BrN2O3/c1-12-7-9-13(10-8-12)16(23)11-22-17(24)19(2,21-18(22)25)14-5-3-4-6-15(14)20/h3-10H,11H2,1-2H3,(H,21,25). The first kappa shape index (κ1) is 17.4. The van der Waals surface area contributed by atoms with Crippen LogP contribution in [0.2, 0.25) is 0 Å². The van der Waals surface area contributed by atoms with Crippen molar-refractivity contribution in [3.8, 4) is 0 Å². The second-order valence-corrected chi connectivity index (χ2v) is 7.07. The van der Waals surface area contributed by atoms with Crippen LogP contribution < -0.4 is 5.32 Å². The van der Waals surface area contributed by atoms with Gasteiger partial charge in [-0.2, -0.15) is 0 Å². The molecule has 25 heavy (non-hydrogen) atoms. The van der Waals surface area contributed by atoms with Gasteiger partial charge in [-0.25, -0.2) is 4.79 Å². The Labute approximate surface area is 154 Å². The third kappa shape index (κ3) is 3.09. The van der Waals surface area contributed by atoms with Gasteiger partial charge in [-0.3, -0.25) is 14.5 Å². The van der Waals surface area contributed by atoms with E-state index in [4.69, 9.17) is 0 Å². The van der Waals surface area contributed by atoms with Gasteiger partial charge < -0.3 is 5.32 Å². The van der Waals surface area contributed by atoms with E-state index in [1.807, 2.05) is 25.1 Å². The van der Waals surface area contributed by atoms with E-state index in [1.165, 1.54) is 0 Å². The number of Topliss-reactive ketones (excluding diaryl/α,β-unsaturated/α-hetero) is 1. The zero-order valence-electron chi connectivity index (χ0n) is 13.9. The minimum absolute atomic E-state index is 0.278. The average molecular weight is 401 g/mol. The normalized spacial score (nSPS) is 19.9. The lowest BCUT2D eigenvalue weighted by atomic mass is 9.92. The molecule has 0 radical (unpaired) electrons. The van der Waals surface area contributed by atoms with Gasteiger partial charge >= 0.3 is 6.03 Å². The van der Waals surface area contributed by atoms with Gasteiger partial charge in [0.25, 0.3) is 5.91 Å². The summed E-state index contributed by atoms with van der Waals surface area (Å²) in [5.74, 6) is -0.718. The predicted octanol–water partition coefficient (Wildman–Crippen LogP) is 3.41. The highest BCUT2D eigenvalue weighted by molar-refractivity contribution is 9.10. The Kier molecular flexibility index (Phi) is 4.47. The summed E-state index contributed by atoms with van der Waals surface area (Å²) in [5, 5.41) is 2.71. The number of imide groups is 1. The molecule has 0 aromatic heterocycles. The van der Waals surface area contributed by atoms with Crippen LogP contribution in [0, 0.1) is 6.92 Å². The number of rotatable bonds is 4. The highest BCUT2D eigenvalue weighted by Crippen LogP contribution is 2.33. The zero-order valence-corrected chi connectivity index (χ0v) is 15.5. The third-order valence-electron chi connectivity index (χ3n) is 4.36. The molecule has 6 heteroatoms. The smallest absolute Gasteiger partial charge is 0.319 e. The van der Waals surface area contributed by atoms with E-state index in [9.17, 15) is 14.4 Å². The first-order valence-corrected chi connectivity index (χ1v) is 8.61. The number of aryl methyl sites for hydroxylation is 1. The molecule has 2 aromatic rings. The van der Waals surface area contributed by atoms with Crippen LogP contribution in [0.4, 0.5) is 4.79 Å². The Bertz CT molecular complexity index is 863. The topological polar surface area (TPSA) is 66.5 Å². The maximum absolute atomic E-state index is 12.9. The summed E-state index contributed by atoms with van der Waals surface area (Å²) >= 11 is 3.41. The van der Waals surface area contributed by atoms with Crippen LogP contribution in [0.15, 0.2) is 53.0 Å². The number of carbonyl (C=O) groups is 3. The van der Waals surface area contributed by atoms with Crippen molar-refractivity contribution >= 4 is 33.7 Å². The van der Waals surface area contributed by atoms with Crippen LogP contribution >= 0.6 is 15.9 Å². The summed E-state index contributed by atoms with van der Waals surface area (Å²) < 4.78 is 0.720. The summed E-state index contributed by atoms with van der Waals surface area (Å²) in [4.78, 5) is 38.6. The predicted molar refractivity (Wildman–Crippen MR) is 97.2 cm³/mol. The van der Waals surface area contributed by atoms with Gasteiger partial charge in [-0.1, -0.05) is 64.0 Å². The van der Waals surface area contributed by atoms with Crippen molar-refractivity contribution in [1.82, 2.24) is 10.2 Å². The van der Waals surface area contributed by atoms with Crippen LogP contribution in [0.1, 0.15) is 28.4 Å². The average Bonchev–Trinajstić information content (AvgIpc) is 2.80. The van der Waals surface area contributed by atoms with Crippen molar-refractivity contribution in [2.75, 3.05) is 6.54 Å². The van der Waals surface area contributed by atoms with Crippen molar-refractivity contribution in [2.24, 2.45) is 0 Å². The van der Waals surface area contributed by atoms with Crippen molar-refractivity contribution < 1.29 is 14.4 Å². The molecule has 1 aliphatic rings. The molecule has 3 amide bonds. The van der Waals surface area contributed by atoms with Gasteiger partial charge in [-0.05, 0) is 19.9 Å². The first-order chi connectivity index (χ1) is 11.8. The summed E-state index contributed by atoms with van der Waals surface area (Å²) in [5.41, 5.74) is 0.956. The Balaban J connectivity index is 1.85. The lowest BCUT2D eigenvalue weighted by molar-refractivity contribution is -0.130. The largest absolute Gasteiger partial charge is 0.325 e. The molecule has 3 rings (SSSR count). The van der Waals surface area contributed by atoms with Crippen molar-refractivity contribution in [3.63, 3.8) is 0 Å². The molecule has 1 saturated heterocycles. The number of benzene rings is 2. The summed E-state index contributed by atoms with van der Waals surface area (Å²) in [6, 6.07) is 13.7. The SMILES string of the molecule is Cc1ccc(C(=O)CN2C(=O)NC(C)(c3ccccc3Br)C2=O)cc1. The van der Waals surface area contributed by atoms with Crippen LogP contribution in [0.3, 0.4) is 0 Å². The Morgan fingerprint density at radius 1 is 1.12 bits per heavy atom. The molecule has 1 unspecified atom stereocenters. The second-order valence-electron chi connectivity index (χ2n) is 6.22. The lowest BCUT2D eigenvalue weighted by Crippen LogP contribution is -2.41. The fraction of sp³-hybridized carbons (Fsp3) is 0.211. The Hall–Kier alpha value is -2.47. The van der Waals surface area contributed by atoms with E-state index >= 15 is 0 Å². The fourth-order valence-corrected chi connectivity index (χ4v) is 3.55. The number of nitrogens with zero attached hydrogens (tertiary/aromatic N) is 1. The Morgan fingerprint density at radius 3 is 2.40 bits per heavy atom. The van der Waals surface area contributed by atoms with Gasteiger partial charge in [0.05, 0.1) is 6.54 Å². The number of hydrogen-bond acceptors (Lipinski definition) is 3. The van der Waals surface area contributed by atoms with Gasteiger partial charge in [0.2, 0.25) is 0 Å². The lowest BCUT2D eigenvalue weighted by Gasteiger charge is -2.23. The summed E-state index contributed by atoms with van der Waals surface area (Å²) in [7, 11) is 0. The molecule has 5 nitrogen and oxygen atoms in total. The Morgan fingerprint density at radius 2 is 1.76 bits per heavy atom. The minimum atomic E-state index is -1.20. The molecule has 0 saturated carbocycles. The summed E-state index contributed by atoms with van der Waals surface area (Å²) in [6.07, 6.45) is 0. The van der Waals surface area contributed by atoms with E-state index in [2.05, 4.69) is 21.2 Å². The van der Waals surface area contributed by atoms with Gasteiger partial charge in [0.1, 0.15) is 5.54 Å². The number of halogens is 1. The highest BCUT2D eigenvalue weighted by atomic mass is 79.9. The van der Waals surface area contributed by atoms with Gasteiger partial charge in [0, 0.05) is 15.6 Å². The van der Waals surface area contributed by atoms with E-state index in [0.717, 1.165) is 14.9 Å². The van der Waals surface area contributed by atoms with Crippen molar-refractivity contribution in [1.29, 1.82) is 0 Å². The number of carbonyl (C=O) groups excluding carboxylic acids is 3. The monoisotopic (exact) mass is 400 g/mol. The van der Waals surface area contributed by atoms with E-state index in [-0.39, 0.29) is 12.3 Å². The molecule has 1 atom stereocenters. The highest BCUT2D eigenvalue weighted by Gasteiger charge is 2.50. The summed E-state index contributed by atoms with van der Waals surface area (Å²) in [6.45, 7) is 3.28. The zero-order chi connectivity index (χ0) is 18.2. The molecule has 1 heterocycles. The molecule has 0 aliphatic carbocycles. The molecular formula is C19H17BrN2O3. The van der Waals surface area contributed by atoms with E-state index < -0.39 is 17.5 Å². The molecule has 128 valence electrons. The van der Waals surface area contributed by atoms with Crippen LogP contribution in [0.5, 0.6) is 0 Å². The van der Waals surface area contributed by atoms with Crippen LogP contribution in [-0.4, -0.2) is 29.2 Å². The fourth-order valence-electron chi connectivity index (χ4n) is 2.86. The molecule has 2 aromatic carbocycles.